The van der Waals surface area contributed by atoms with E-state index in [1.54, 1.807) is 17.9 Å². The van der Waals surface area contributed by atoms with Gasteiger partial charge < -0.3 is 10.0 Å². The van der Waals surface area contributed by atoms with Gasteiger partial charge >= 0.3 is 5.97 Å². The van der Waals surface area contributed by atoms with Crippen LogP contribution in [0.1, 0.15) is 34.8 Å². The number of likely N-dealkylation sites (tertiary alicyclic amines) is 1. The largest absolute Gasteiger partial charge is 0.481 e. The summed E-state index contributed by atoms with van der Waals surface area (Å²) in [6, 6.07) is 1.64. The number of piperidine rings is 1. The van der Waals surface area contributed by atoms with Gasteiger partial charge in [0.1, 0.15) is 11.5 Å². The minimum absolute atomic E-state index is 0.209. The molecule has 1 fully saturated rings. The fraction of sp³-hybridized carbons (Fsp3) is 0.538. The summed E-state index contributed by atoms with van der Waals surface area (Å²) in [5, 5.41) is 9.03. The van der Waals surface area contributed by atoms with E-state index in [2.05, 4.69) is 9.97 Å². The number of amides is 1. The number of aromatic nitrogens is 2. The fourth-order valence-corrected chi connectivity index (χ4v) is 2.35. The van der Waals surface area contributed by atoms with E-state index in [9.17, 15) is 9.59 Å². The van der Waals surface area contributed by atoms with E-state index < -0.39 is 11.9 Å². The van der Waals surface area contributed by atoms with Crippen LogP contribution in [0.3, 0.4) is 0 Å². The van der Waals surface area contributed by atoms with E-state index in [-0.39, 0.29) is 12.5 Å². The van der Waals surface area contributed by atoms with E-state index >= 15 is 0 Å². The average Bonchev–Trinajstić information content (AvgIpc) is 2.37. The molecule has 1 unspecified atom stereocenters. The van der Waals surface area contributed by atoms with Crippen molar-refractivity contribution in [2.45, 2.75) is 26.7 Å². The zero-order valence-corrected chi connectivity index (χ0v) is 11.1. The van der Waals surface area contributed by atoms with E-state index in [1.807, 2.05) is 6.92 Å². The van der Waals surface area contributed by atoms with Crippen LogP contribution in [0, 0.1) is 19.8 Å². The van der Waals surface area contributed by atoms with Gasteiger partial charge in [-0.25, -0.2) is 9.97 Å². The molecule has 0 saturated carbocycles. The Morgan fingerprint density at radius 2 is 2.11 bits per heavy atom. The molecule has 6 heteroatoms. The summed E-state index contributed by atoms with van der Waals surface area (Å²) >= 11 is 0. The minimum atomic E-state index is -0.840. The zero-order valence-electron chi connectivity index (χ0n) is 11.1. The van der Waals surface area contributed by atoms with Crippen molar-refractivity contribution in [2.24, 2.45) is 5.92 Å². The normalized spacial score (nSPS) is 19.3. The van der Waals surface area contributed by atoms with Crippen molar-refractivity contribution in [2.75, 3.05) is 13.1 Å². The maximum Gasteiger partial charge on any atom is 0.308 e. The Morgan fingerprint density at radius 1 is 1.37 bits per heavy atom. The first-order chi connectivity index (χ1) is 8.97. The Kier molecular flexibility index (Phi) is 3.78. The average molecular weight is 263 g/mol. The molecule has 0 bridgehead atoms. The van der Waals surface area contributed by atoms with Crippen LogP contribution in [0.15, 0.2) is 6.07 Å². The van der Waals surface area contributed by atoms with Crippen molar-refractivity contribution in [3.8, 4) is 0 Å². The molecule has 1 aliphatic rings. The molecule has 1 aromatic heterocycles. The van der Waals surface area contributed by atoms with E-state index in [0.29, 0.717) is 30.9 Å². The predicted molar refractivity (Wildman–Crippen MR) is 67.8 cm³/mol. The predicted octanol–water partition coefficient (Wildman–Crippen LogP) is 1.03. The molecular formula is C13H17N3O3. The van der Waals surface area contributed by atoms with Crippen molar-refractivity contribution in [1.29, 1.82) is 0 Å². The zero-order chi connectivity index (χ0) is 14.0. The van der Waals surface area contributed by atoms with Crippen molar-refractivity contribution in [3.05, 3.63) is 23.3 Å². The third-order valence-electron chi connectivity index (χ3n) is 3.24. The van der Waals surface area contributed by atoms with Crippen LogP contribution in [0.5, 0.6) is 0 Å². The first kappa shape index (κ1) is 13.5. The topological polar surface area (TPSA) is 83.4 Å². The highest BCUT2D eigenvalue weighted by Crippen LogP contribution is 2.18. The number of hydrogen-bond donors (Lipinski definition) is 1. The van der Waals surface area contributed by atoms with Gasteiger partial charge in [-0.3, -0.25) is 9.59 Å². The number of aryl methyl sites for hydroxylation is 2. The number of carbonyl (C=O) groups excluding carboxylic acids is 1. The van der Waals surface area contributed by atoms with Gasteiger partial charge in [0.15, 0.2) is 0 Å². The molecule has 1 amide bonds. The first-order valence-corrected chi connectivity index (χ1v) is 6.31. The number of carboxylic acids is 1. The van der Waals surface area contributed by atoms with Crippen LogP contribution < -0.4 is 0 Å². The number of hydrogen-bond acceptors (Lipinski definition) is 4. The van der Waals surface area contributed by atoms with Gasteiger partial charge in [-0.2, -0.15) is 0 Å². The molecule has 0 aromatic carbocycles. The maximum absolute atomic E-state index is 12.3. The summed E-state index contributed by atoms with van der Waals surface area (Å²) in [6.07, 6.45) is 1.34. The Labute approximate surface area is 111 Å². The number of carboxylic acid groups (broad SMARTS) is 1. The third kappa shape index (κ3) is 3.07. The van der Waals surface area contributed by atoms with E-state index in [0.717, 1.165) is 5.69 Å². The van der Waals surface area contributed by atoms with Crippen LogP contribution in [0.2, 0.25) is 0 Å². The van der Waals surface area contributed by atoms with Crippen LogP contribution in [0.4, 0.5) is 0 Å². The maximum atomic E-state index is 12.3. The van der Waals surface area contributed by atoms with Crippen LogP contribution in [-0.4, -0.2) is 44.9 Å². The Balaban J connectivity index is 2.16. The molecule has 0 radical (unpaired) electrons. The van der Waals surface area contributed by atoms with Gasteiger partial charge in [-0.1, -0.05) is 0 Å². The summed E-state index contributed by atoms with van der Waals surface area (Å²) in [4.78, 5) is 33.1. The summed E-state index contributed by atoms with van der Waals surface area (Å²) in [5.74, 6) is -0.969. The lowest BCUT2D eigenvalue weighted by atomic mass is 9.98. The van der Waals surface area contributed by atoms with Crippen molar-refractivity contribution >= 4 is 11.9 Å². The molecule has 1 aliphatic heterocycles. The molecule has 102 valence electrons. The molecule has 1 aromatic rings. The second-order valence-corrected chi connectivity index (χ2v) is 4.87. The molecule has 0 spiro atoms. The molecule has 2 rings (SSSR count). The Hall–Kier alpha value is -1.98. The highest BCUT2D eigenvalue weighted by atomic mass is 16.4. The standard InChI is InChI=1S/C13H17N3O3/c1-8-6-11(15-9(2)14-8)12(17)16-5-3-4-10(7-16)13(18)19/h6,10H,3-5,7H2,1-2H3,(H,18,19). The molecule has 1 N–H and O–H groups in total. The number of nitrogens with zero attached hydrogens (tertiary/aromatic N) is 3. The fourth-order valence-electron chi connectivity index (χ4n) is 2.35. The van der Waals surface area contributed by atoms with Gasteiger partial charge in [0.2, 0.25) is 0 Å². The molecule has 1 saturated heterocycles. The summed E-state index contributed by atoms with van der Waals surface area (Å²) in [5.41, 5.74) is 1.08. The number of carbonyl (C=O) groups is 2. The SMILES string of the molecule is Cc1cc(C(=O)N2CCCC(C(=O)O)C2)nc(C)n1. The van der Waals surface area contributed by atoms with Gasteiger partial charge in [0.05, 0.1) is 5.92 Å². The summed E-state index contributed by atoms with van der Waals surface area (Å²) in [7, 11) is 0. The number of aliphatic carboxylic acids is 1. The molecule has 6 nitrogen and oxygen atoms in total. The van der Waals surface area contributed by atoms with E-state index in [1.165, 1.54) is 0 Å². The molecule has 19 heavy (non-hydrogen) atoms. The second-order valence-electron chi connectivity index (χ2n) is 4.87. The van der Waals surface area contributed by atoms with Crippen molar-refractivity contribution < 1.29 is 14.7 Å². The molecular weight excluding hydrogens is 246 g/mol. The van der Waals surface area contributed by atoms with E-state index in [4.69, 9.17) is 5.11 Å². The second kappa shape index (κ2) is 5.34. The van der Waals surface area contributed by atoms with Gasteiger partial charge in [0.25, 0.3) is 5.91 Å². The highest BCUT2D eigenvalue weighted by Gasteiger charge is 2.29. The smallest absolute Gasteiger partial charge is 0.308 e. The lowest BCUT2D eigenvalue weighted by Gasteiger charge is -2.30. The van der Waals surface area contributed by atoms with Crippen LogP contribution in [-0.2, 0) is 4.79 Å². The Morgan fingerprint density at radius 3 is 2.74 bits per heavy atom. The summed E-state index contributed by atoms with van der Waals surface area (Å²) < 4.78 is 0. The molecule has 1 atom stereocenters. The van der Waals surface area contributed by atoms with Crippen LogP contribution in [0.25, 0.3) is 0 Å². The minimum Gasteiger partial charge on any atom is -0.481 e. The lowest BCUT2D eigenvalue weighted by Crippen LogP contribution is -2.42. The highest BCUT2D eigenvalue weighted by molar-refractivity contribution is 5.92. The first-order valence-electron chi connectivity index (χ1n) is 6.31. The van der Waals surface area contributed by atoms with Gasteiger partial charge in [0, 0.05) is 18.8 Å². The monoisotopic (exact) mass is 263 g/mol. The Bertz CT molecular complexity index is 496. The van der Waals surface area contributed by atoms with Crippen LogP contribution >= 0.6 is 0 Å². The molecule has 2 heterocycles. The molecule has 0 aliphatic carbocycles. The third-order valence-corrected chi connectivity index (χ3v) is 3.24. The number of rotatable bonds is 2. The quantitative estimate of drug-likeness (QED) is 0.861. The van der Waals surface area contributed by atoms with Gasteiger partial charge in [-0.15, -0.1) is 0 Å². The van der Waals surface area contributed by atoms with Gasteiger partial charge in [-0.05, 0) is 32.8 Å². The van der Waals surface area contributed by atoms with Crippen molar-refractivity contribution in [1.82, 2.24) is 14.9 Å². The lowest BCUT2D eigenvalue weighted by molar-refractivity contribution is -0.143. The van der Waals surface area contributed by atoms with Crippen molar-refractivity contribution in [3.63, 3.8) is 0 Å². The summed E-state index contributed by atoms with van der Waals surface area (Å²) in [6.45, 7) is 4.39.